The van der Waals surface area contributed by atoms with Crippen LogP contribution in [0.4, 0.5) is 5.82 Å². The molecule has 4 rings (SSSR count). The third kappa shape index (κ3) is 3.19. The number of aromatic nitrogens is 2. The summed E-state index contributed by atoms with van der Waals surface area (Å²) in [7, 11) is 0. The predicted molar refractivity (Wildman–Crippen MR) is 92.9 cm³/mol. The number of nitrogens with zero attached hydrogens (tertiary/aromatic N) is 4. The van der Waals surface area contributed by atoms with E-state index in [1.807, 2.05) is 4.90 Å². The number of carbonyl (C=O) groups excluding carboxylic acids is 2. The molecular weight excluding hydrogens is 318 g/mol. The number of piperidine rings is 1. The van der Waals surface area contributed by atoms with Crippen LogP contribution in [0, 0.1) is 5.92 Å². The van der Waals surface area contributed by atoms with Crippen molar-refractivity contribution in [1.29, 1.82) is 0 Å². The minimum absolute atomic E-state index is 0.0663. The van der Waals surface area contributed by atoms with Gasteiger partial charge in [0.15, 0.2) is 0 Å². The minimum atomic E-state index is -0.363. The van der Waals surface area contributed by atoms with Gasteiger partial charge < -0.3 is 15.5 Å². The summed E-state index contributed by atoms with van der Waals surface area (Å²) in [6.07, 6.45) is 7.52. The maximum absolute atomic E-state index is 12.2. The zero-order chi connectivity index (χ0) is 17.4. The van der Waals surface area contributed by atoms with Gasteiger partial charge in [-0.1, -0.05) is 6.42 Å². The maximum Gasteiger partial charge on any atom is 0.223 e. The third-order valence-electron chi connectivity index (χ3n) is 5.99. The van der Waals surface area contributed by atoms with Gasteiger partial charge in [-0.25, -0.2) is 9.97 Å². The highest BCUT2D eigenvalue weighted by Crippen LogP contribution is 2.36. The molecule has 1 saturated carbocycles. The van der Waals surface area contributed by atoms with Crippen molar-refractivity contribution in [2.24, 2.45) is 11.7 Å². The number of carbonyl (C=O) groups is 2. The smallest absolute Gasteiger partial charge is 0.223 e. The summed E-state index contributed by atoms with van der Waals surface area (Å²) in [6.45, 7) is 2.23. The molecule has 2 saturated heterocycles. The molecule has 1 aliphatic carbocycles. The van der Waals surface area contributed by atoms with Crippen molar-refractivity contribution in [3.05, 3.63) is 18.1 Å². The molecule has 3 aliphatic rings. The average molecular weight is 343 g/mol. The fourth-order valence-corrected chi connectivity index (χ4v) is 4.14. The summed E-state index contributed by atoms with van der Waals surface area (Å²) in [5, 5.41) is 0. The summed E-state index contributed by atoms with van der Waals surface area (Å²) in [6, 6.07) is 2.34. The molecule has 1 atom stereocenters. The van der Waals surface area contributed by atoms with Crippen LogP contribution in [0.5, 0.6) is 0 Å². The Morgan fingerprint density at radius 2 is 1.92 bits per heavy atom. The van der Waals surface area contributed by atoms with E-state index in [1.54, 1.807) is 6.33 Å². The molecule has 1 aromatic heterocycles. The number of hydrogen-bond acceptors (Lipinski definition) is 5. The number of likely N-dealkylation sites (tertiary alicyclic amines) is 1. The highest BCUT2D eigenvalue weighted by molar-refractivity contribution is 5.88. The molecule has 3 heterocycles. The Bertz CT molecular complexity index is 667. The summed E-state index contributed by atoms with van der Waals surface area (Å²) in [4.78, 5) is 36.6. The van der Waals surface area contributed by atoms with Crippen molar-refractivity contribution in [1.82, 2.24) is 14.9 Å². The molecule has 1 unspecified atom stereocenters. The summed E-state index contributed by atoms with van der Waals surface area (Å²) in [5.41, 5.74) is 6.53. The van der Waals surface area contributed by atoms with Crippen LogP contribution in [0.25, 0.3) is 0 Å². The molecule has 3 fully saturated rings. The zero-order valence-corrected chi connectivity index (χ0v) is 14.4. The minimum Gasteiger partial charge on any atom is -0.369 e. The van der Waals surface area contributed by atoms with E-state index in [2.05, 4.69) is 20.9 Å². The monoisotopic (exact) mass is 343 g/mol. The van der Waals surface area contributed by atoms with E-state index in [0.717, 1.165) is 37.4 Å². The summed E-state index contributed by atoms with van der Waals surface area (Å²) < 4.78 is 0. The molecule has 2 amide bonds. The van der Waals surface area contributed by atoms with Crippen LogP contribution in [-0.2, 0) is 9.59 Å². The topological polar surface area (TPSA) is 92.4 Å². The van der Waals surface area contributed by atoms with Crippen molar-refractivity contribution in [2.45, 2.75) is 50.5 Å². The molecule has 0 spiro atoms. The Balaban J connectivity index is 1.37. The predicted octanol–water partition coefficient (Wildman–Crippen LogP) is 1.05. The van der Waals surface area contributed by atoms with Gasteiger partial charge in [-0.3, -0.25) is 9.59 Å². The maximum atomic E-state index is 12.2. The van der Waals surface area contributed by atoms with E-state index in [4.69, 9.17) is 5.73 Å². The van der Waals surface area contributed by atoms with Gasteiger partial charge in [0.2, 0.25) is 11.8 Å². The lowest BCUT2D eigenvalue weighted by Gasteiger charge is -2.37. The number of anilines is 1. The first-order valence-electron chi connectivity index (χ1n) is 9.27. The van der Waals surface area contributed by atoms with Crippen molar-refractivity contribution in [3.8, 4) is 0 Å². The van der Waals surface area contributed by atoms with Gasteiger partial charge in [-0.15, -0.1) is 0 Å². The Morgan fingerprint density at radius 3 is 2.52 bits per heavy atom. The molecule has 0 bridgehead atoms. The van der Waals surface area contributed by atoms with Crippen LogP contribution in [0.2, 0.25) is 0 Å². The lowest BCUT2D eigenvalue weighted by atomic mass is 9.83. The second-order valence-electron chi connectivity index (χ2n) is 7.50. The van der Waals surface area contributed by atoms with Crippen molar-refractivity contribution in [3.63, 3.8) is 0 Å². The van der Waals surface area contributed by atoms with Crippen molar-refractivity contribution >= 4 is 17.6 Å². The Labute approximate surface area is 147 Å². The van der Waals surface area contributed by atoms with Gasteiger partial charge in [0.05, 0.1) is 5.92 Å². The van der Waals surface area contributed by atoms with Crippen LogP contribution < -0.4 is 10.6 Å². The fourth-order valence-electron chi connectivity index (χ4n) is 4.14. The molecule has 1 aromatic rings. The summed E-state index contributed by atoms with van der Waals surface area (Å²) in [5.74, 6) is 0.983. The number of primary amides is 1. The molecule has 0 radical (unpaired) electrons. The molecule has 7 nitrogen and oxygen atoms in total. The standard InChI is InChI=1S/C18H25N5O2/c19-18(25)13-8-17(24)23(10-13)14-4-6-22(7-5-14)16-9-15(20-11-21-16)12-2-1-3-12/h9,11-14H,1-8,10H2,(H2,19,25). The summed E-state index contributed by atoms with van der Waals surface area (Å²) >= 11 is 0. The Kier molecular flexibility index (Phi) is 4.31. The van der Waals surface area contributed by atoms with Crippen LogP contribution in [0.1, 0.15) is 50.1 Å². The first-order chi connectivity index (χ1) is 12.1. The Hall–Kier alpha value is -2.18. The highest BCUT2D eigenvalue weighted by Gasteiger charge is 2.38. The van der Waals surface area contributed by atoms with Gasteiger partial charge in [0, 0.05) is 49.8 Å². The molecule has 134 valence electrons. The van der Waals surface area contributed by atoms with Crippen molar-refractivity contribution < 1.29 is 9.59 Å². The molecular formula is C18H25N5O2. The van der Waals surface area contributed by atoms with E-state index in [0.29, 0.717) is 12.5 Å². The van der Waals surface area contributed by atoms with E-state index in [9.17, 15) is 9.59 Å². The quantitative estimate of drug-likeness (QED) is 0.882. The van der Waals surface area contributed by atoms with E-state index >= 15 is 0 Å². The first kappa shape index (κ1) is 16.3. The van der Waals surface area contributed by atoms with Crippen LogP contribution in [-0.4, -0.2) is 52.4 Å². The largest absolute Gasteiger partial charge is 0.369 e. The van der Waals surface area contributed by atoms with Gasteiger partial charge in [-0.2, -0.15) is 0 Å². The first-order valence-corrected chi connectivity index (χ1v) is 9.27. The van der Waals surface area contributed by atoms with Crippen LogP contribution >= 0.6 is 0 Å². The van der Waals surface area contributed by atoms with Crippen LogP contribution in [0.15, 0.2) is 12.4 Å². The molecule has 0 aromatic carbocycles. The fraction of sp³-hybridized carbons (Fsp3) is 0.667. The number of amides is 2. The second kappa shape index (κ2) is 6.61. The SMILES string of the molecule is NC(=O)C1CC(=O)N(C2CCN(c3cc(C4CCC4)ncn3)CC2)C1. The van der Waals surface area contributed by atoms with Crippen LogP contribution in [0.3, 0.4) is 0 Å². The molecule has 2 aliphatic heterocycles. The van der Waals surface area contributed by atoms with Gasteiger partial charge in [-0.05, 0) is 25.7 Å². The molecule has 2 N–H and O–H groups in total. The number of hydrogen-bond donors (Lipinski definition) is 1. The van der Waals surface area contributed by atoms with E-state index < -0.39 is 0 Å². The normalized spacial score (nSPS) is 25.3. The lowest BCUT2D eigenvalue weighted by Crippen LogP contribution is -2.46. The van der Waals surface area contributed by atoms with Gasteiger partial charge >= 0.3 is 0 Å². The van der Waals surface area contributed by atoms with E-state index in [-0.39, 0.29) is 30.2 Å². The number of rotatable bonds is 4. The van der Waals surface area contributed by atoms with Gasteiger partial charge in [0.1, 0.15) is 12.1 Å². The average Bonchev–Trinajstić information content (AvgIpc) is 2.96. The van der Waals surface area contributed by atoms with E-state index in [1.165, 1.54) is 19.3 Å². The lowest BCUT2D eigenvalue weighted by molar-refractivity contribution is -0.130. The third-order valence-corrected chi connectivity index (χ3v) is 5.99. The van der Waals surface area contributed by atoms with Crippen molar-refractivity contribution in [2.75, 3.05) is 24.5 Å². The highest BCUT2D eigenvalue weighted by atomic mass is 16.2. The molecule has 25 heavy (non-hydrogen) atoms. The molecule has 7 heteroatoms. The Morgan fingerprint density at radius 1 is 1.16 bits per heavy atom. The van der Waals surface area contributed by atoms with Gasteiger partial charge in [0.25, 0.3) is 0 Å². The zero-order valence-electron chi connectivity index (χ0n) is 14.4. The second-order valence-corrected chi connectivity index (χ2v) is 7.50. The number of nitrogens with two attached hydrogens (primary N) is 1.